The molecular formula is C12H17NO3S. The van der Waals surface area contributed by atoms with E-state index in [4.69, 9.17) is 0 Å². The highest BCUT2D eigenvalue weighted by atomic mass is 32.2. The van der Waals surface area contributed by atoms with Crippen LogP contribution in [0.15, 0.2) is 29.2 Å². The number of rotatable bonds is 2. The molecule has 0 aromatic heterocycles. The zero-order chi connectivity index (χ0) is 13.3. The zero-order valence-electron chi connectivity index (χ0n) is 10.5. The minimum absolute atomic E-state index is 0.253. The Bertz CT molecular complexity index is 522. The molecule has 0 bridgehead atoms. The smallest absolute Gasteiger partial charge is 0.182 e. The molecule has 0 radical (unpaired) electrons. The Hall–Kier alpha value is -1.36. The third-order valence-electron chi connectivity index (χ3n) is 2.24. The lowest BCUT2D eigenvalue weighted by Crippen LogP contribution is -2.29. The number of nitrogens with zero attached hydrogens (tertiary/aromatic N) is 1. The molecule has 1 aromatic carbocycles. The van der Waals surface area contributed by atoms with Crippen LogP contribution in [0.4, 0.5) is 0 Å². The quantitative estimate of drug-likeness (QED) is 0.350. The third kappa shape index (κ3) is 3.85. The van der Waals surface area contributed by atoms with Crippen LogP contribution in [0.1, 0.15) is 26.3 Å². The van der Waals surface area contributed by atoms with E-state index in [0.717, 1.165) is 11.0 Å². The SMILES string of the molecule is CC(C)(C)/[N+]([O-])=C\c1ccc(S(C)(=O)=O)cc1. The fraction of sp³-hybridized carbons (Fsp3) is 0.417. The molecule has 1 rings (SSSR count). The van der Waals surface area contributed by atoms with Crippen molar-refractivity contribution in [3.63, 3.8) is 0 Å². The van der Waals surface area contributed by atoms with Crippen molar-refractivity contribution in [1.82, 2.24) is 0 Å². The van der Waals surface area contributed by atoms with Gasteiger partial charge in [0, 0.05) is 32.6 Å². The fourth-order valence-electron chi connectivity index (χ4n) is 1.13. The molecule has 4 nitrogen and oxygen atoms in total. The second-order valence-electron chi connectivity index (χ2n) is 4.97. The van der Waals surface area contributed by atoms with E-state index in [9.17, 15) is 13.6 Å². The van der Waals surface area contributed by atoms with E-state index in [-0.39, 0.29) is 4.90 Å². The summed E-state index contributed by atoms with van der Waals surface area (Å²) < 4.78 is 23.3. The predicted molar refractivity (Wildman–Crippen MR) is 68.1 cm³/mol. The van der Waals surface area contributed by atoms with E-state index in [1.165, 1.54) is 18.3 Å². The van der Waals surface area contributed by atoms with Gasteiger partial charge in [-0.15, -0.1) is 0 Å². The molecule has 0 aliphatic heterocycles. The van der Waals surface area contributed by atoms with E-state index in [2.05, 4.69) is 0 Å². The van der Waals surface area contributed by atoms with Gasteiger partial charge in [-0.2, -0.15) is 0 Å². The molecular weight excluding hydrogens is 238 g/mol. The van der Waals surface area contributed by atoms with Crippen LogP contribution in [0, 0.1) is 5.21 Å². The van der Waals surface area contributed by atoms with E-state index >= 15 is 0 Å². The van der Waals surface area contributed by atoms with Gasteiger partial charge < -0.3 is 5.21 Å². The Morgan fingerprint density at radius 3 is 2.00 bits per heavy atom. The largest absolute Gasteiger partial charge is 0.623 e. The summed E-state index contributed by atoms with van der Waals surface area (Å²) in [5, 5.41) is 11.7. The van der Waals surface area contributed by atoms with Gasteiger partial charge in [-0.3, -0.25) is 0 Å². The molecule has 0 amide bonds. The first kappa shape index (κ1) is 13.7. The average molecular weight is 255 g/mol. The van der Waals surface area contributed by atoms with Crippen LogP contribution < -0.4 is 0 Å². The highest BCUT2D eigenvalue weighted by Crippen LogP contribution is 2.10. The van der Waals surface area contributed by atoms with Gasteiger partial charge in [0.15, 0.2) is 21.6 Å². The lowest BCUT2D eigenvalue weighted by molar-refractivity contribution is -0.530. The zero-order valence-corrected chi connectivity index (χ0v) is 11.3. The Kier molecular flexibility index (Phi) is 3.62. The van der Waals surface area contributed by atoms with Crippen LogP contribution in [0.5, 0.6) is 0 Å². The summed E-state index contributed by atoms with van der Waals surface area (Å²) in [6.45, 7) is 5.42. The standard InChI is InChI=1S/C12H17NO3S/c1-12(2,3)13(14)9-10-5-7-11(8-6-10)17(4,15)16/h5-9H,1-4H3/b13-9+. The number of hydrogen-bond donors (Lipinski definition) is 0. The lowest BCUT2D eigenvalue weighted by Gasteiger charge is -2.18. The van der Waals surface area contributed by atoms with Crippen LogP contribution in [0.25, 0.3) is 0 Å². The topological polar surface area (TPSA) is 60.2 Å². The first-order chi connectivity index (χ1) is 7.60. The summed E-state index contributed by atoms with van der Waals surface area (Å²) in [5.41, 5.74) is 0.178. The monoisotopic (exact) mass is 255 g/mol. The van der Waals surface area contributed by atoms with Crippen LogP contribution in [-0.4, -0.2) is 31.2 Å². The van der Waals surface area contributed by atoms with Crippen molar-refractivity contribution in [2.75, 3.05) is 6.26 Å². The maximum atomic E-state index is 11.7. The Morgan fingerprint density at radius 2 is 1.65 bits per heavy atom. The summed E-state index contributed by atoms with van der Waals surface area (Å²) in [4.78, 5) is 0.253. The first-order valence-electron chi connectivity index (χ1n) is 5.22. The van der Waals surface area contributed by atoms with E-state index in [1.54, 1.807) is 32.9 Å². The Balaban J connectivity index is 3.06. The maximum Gasteiger partial charge on any atom is 0.182 e. The summed E-state index contributed by atoms with van der Waals surface area (Å²) in [6.07, 6.45) is 2.60. The van der Waals surface area contributed by atoms with Gasteiger partial charge >= 0.3 is 0 Å². The predicted octanol–water partition coefficient (Wildman–Crippen LogP) is 1.82. The van der Waals surface area contributed by atoms with Crippen LogP contribution in [-0.2, 0) is 9.84 Å². The summed E-state index contributed by atoms with van der Waals surface area (Å²) in [5.74, 6) is 0. The lowest BCUT2D eigenvalue weighted by atomic mass is 10.1. The molecule has 0 heterocycles. The molecule has 0 unspecified atom stereocenters. The Labute approximate surface area is 102 Å². The van der Waals surface area contributed by atoms with Gasteiger partial charge in [0.05, 0.1) is 4.90 Å². The maximum absolute atomic E-state index is 11.7. The van der Waals surface area contributed by atoms with Crippen LogP contribution in [0.2, 0.25) is 0 Å². The van der Waals surface area contributed by atoms with Gasteiger partial charge in [-0.1, -0.05) is 0 Å². The van der Waals surface area contributed by atoms with Crippen molar-refractivity contribution in [3.8, 4) is 0 Å². The van der Waals surface area contributed by atoms with E-state index < -0.39 is 15.4 Å². The van der Waals surface area contributed by atoms with Gasteiger partial charge in [-0.25, -0.2) is 13.2 Å². The van der Waals surface area contributed by atoms with Crippen molar-refractivity contribution in [2.45, 2.75) is 31.2 Å². The van der Waals surface area contributed by atoms with Crippen molar-refractivity contribution in [3.05, 3.63) is 35.0 Å². The summed E-state index contributed by atoms with van der Waals surface area (Å²) in [6, 6.07) is 6.23. The number of hydroxylamine groups is 1. The van der Waals surface area contributed by atoms with Crippen LogP contribution >= 0.6 is 0 Å². The summed E-state index contributed by atoms with van der Waals surface area (Å²) >= 11 is 0. The summed E-state index contributed by atoms with van der Waals surface area (Å²) in [7, 11) is -3.18. The van der Waals surface area contributed by atoms with Crippen LogP contribution in [0.3, 0.4) is 0 Å². The van der Waals surface area contributed by atoms with Gasteiger partial charge in [0.2, 0.25) is 0 Å². The molecule has 94 valence electrons. The second kappa shape index (κ2) is 4.49. The third-order valence-corrected chi connectivity index (χ3v) is 3.36. The first-order valence-corrected chi connectivity index (χ1v) is 7.11. The van der Waals surface area contributed by atoms with Gasteiger partial charge in [-0.05, 0) is 24.3 Å². The molecule has 17 heavy (non-hydrogen) atoms. The number of hydrogen-bond acceptors (Lipinski definition) is 3. The molecule has 0 spiro atoms. The Morgan fingerprint density at radius 1 is 1.18 bits per heavy atom. The number of sulfone groups is 1. The molecule has 0 atom stereocenters. The molecule has 0 fully saturated rings. The average Bonchev–Trinajstić information content (AvgIpc) is 2.15. The normalized spacial score (nSPS) is 13.8. The highest BCUT2D eigenvalue weighted by molar-refractivity contribution is 7.90. The highest BCUT2D eigenvalue weighted by Gasteiger charge is 2.18. The fourth-order valence-corrected chi connectivity index (χ4v) is 1.76. The number of benzene rings is 1. The molecule has 1 aromatic rings. The van der Waals surface area contributed by atoms with Crippen molar-refractivity contribution < 1.29 is 13.2 Å². The molecule has 0 aliphatic rings. The molecule has 0 saturated heterocycles. The van der Waals surface area contributed by atoms with E-state index in [1.807, 2.05) is 0 Å². The van der Waals surface area contributed by atoms with Crippen molar-refractivity contribution >= 4 is 16.1 Å². The molecule has 0 N–H and O–H groups in total. The molecule has 5 heteroatoms. The van der Waals surface area contributed by atoms with Crippen molar-refractivity contribution in [1.29, 1.82) is 0 Å². The molecule has 0 aliphatic carbocycles. The van der Waals surface area contributed by atoms with Gasteiger partial charge in [0.1, 0.15) is 0 Å². The minimum Gasteiger partial charge on any atom is -0.623 e. The van der Waals surface area contributed by atoms with E-state index in [0.29, 0.717) is 5.56 Å². The van der Waals surface area contributed by atoms with Gasteiger partial charge in [0.25, 0.3) is 0 Å². The molecule has 0 saturated carbocycles. The second-order valence-corrected chi connectivity index (χ2v) is 6.98. The van der Waals surface area contributed by atoms with Crippen molar-refractivity contribution in [2.24, 2.45) is 0 Å². The minimum atomic E-state index is -3.18.